The molecule has 3 heterocycles. The molecule has 0 spiro atoms. The highest BCUT2D eigenvalue weighted by Crippen LogP contribution is 2.24. The highest BCUT2D eigenvalue weighted by molar-refractivity contribution is 7.13. The molecule has 1 aliphatic rings. The van der Waals surface area contributed by atoms with Gasteiger partial charge in [-0.1, -0.05) is 0 Å². The Morgan fingerprint density at radius 3 is 3.22 bits per heavy atom. The molecule has 1 fully saturated rings. The van der Waals surface area contributed by atoms with E-state index in [4.69, 9.17) is 9.15 Å². The number of carbonyl (C=O) groups is 1. The summed E-state index contributed by atoms with van der Waals surface area (Å²) < 4.78 is 10.7. The molecule has 3 rings (SSSR count). The second kappa shape index (κ2) is 7.75. The zero-order valence-corrected chi connectivity index (χ0v) is 14.1. The van der Waals surface area contributed by atoms with Crippen molar-refractivity contribution in [2.24, 2.45) is 0 Å². The summed E-state index contributed by atoms with van der Waals surface area (Å²) in [6.45, 7) is 2.93. The lowest BCUT2D eigenvalue weighted by atomic mass is 10.1. The zero-order chi connectivity index (χ0) is 16.1. The van der Waals surface area contributed by atoms with Crippen molar-refractivity contribution in [3.05, 3.63) is 29.7 Å². The molecule has 5 nitrogen and oxygen atoms in total. The lowest BCUT2D eigenvalue weighted by Crippen LogP contribution is -2.34. The molecule has 0 unspecified atom stereocenters. The van der Waals surface area contributed by atoms with Crippen LogP contribution in [0.5, 0.6) is 0 Å². The minimum atomic E-state index is 0.0221. The first-order valence-corrected chi connectivity index (χ1v) is 8.96. The number of carbonyl (C=O) groups excluding carboxylic acids is 1. The van der Waals surface area contributed by atoms with Crippen molar-refractivity contribution < 1.29 is 13.9 Å². The molecular formula is C17H22N2O3S. The fourth-order valence-electron chi connectivity index (χ4n) is 2.78. The first kappa shape index (κ1) is 16.2. The number of furan rings is 1. The molecule has 1 saturated heterocycles. The van der Waals surface area contributed by atoms with Crippen molar-refractivity contribution in [1.82, 2.24) is 10.3 Å². The van der Waals surface area contributed by atoms with Crippen LogP contribution in [-0.2, 0) is 16.0 Å². The molecule has 2 aromatic heterocycles. The Labute approximate surface area is 140 Å². The second-order valence-electron chi connectivity index (χ2n) is 6.01. The normalized spacial score (nSPS) is 18.9. The summed E-state index contributed by atoms with van der Waals surface area (Å²) in [5, 5.41) is 5.86. The standard InChI is InChI=1S/C17H22N2O3S/c1-12(4-5-15-3-2-7-22-15)18-16(20)9-14-11-23-17(19-14)13-6-8-21-10-13/h6,8,10-12,15H,2-5,7,9H2,1H3,(H,18,20)/t12-,15-/m0/s1. The van der Waals surface area contributed by atoms with Crippen LogP contribution < -0.4 is 5.32 Å². The largest absolute Gasteiger partial charge is 0.472 e. The Balaban J connectivity index is 1.43. The molecule has 1 aliphatic heterocycles. The van der Waals surface area contributed by atoms with E-state index in [1.165, 1.54) is 11.3 Å². The monoisotopic (exact) mass is 334 g/mol. The fraction of sp³-hybridized carbons (Fsp3) is 0.529. The van der Waals surface area contributed by atoms with Crippen LogP contribution in [0.2, 0.25) is 0 Å². The van der Waals surface area contributed by atoms with Gasteiger partial charge in [-0.3, -0.25) is 4.79 Å². The number of nitrogens with zero attached hydrogens (tertiary/aromatic N) is 1. The lowest BCUT2D eigenvalue weighted by Gasteiger charge is -2.16. The van der Waals surface area contributed by atoms with E-state index in [-0.39, 0.29) is 11.9 Å². The smallest absolute Gasteiger partial charge is 0.226 e. The highest BCUT2D eigenvalue weighted by Gasteiger charge is 2.17. The van der Waals surface area contributed by atoms with Gasteiger partial charge in [0.1, 0.15) is 11.3 Å². The van der Waals surface area contributed by atoms with Crippen molar-refractivity contribution in [1.29, 1.82) is 0 Å². The van der Waals surface area contributed by atoms with Crippen molar-refractivity contribution in [2.75, 3.05) is 6.61 Å². The third-order valence-corrected chi connectivity index (χ3v) is 4.95. The van der Waals surface area contributed by atoms with Gasteiger partial charge in [-0.2, -0.15) is 0 Å². The van der Waals surface area contributed by atoms with Gasteiger partial charge in [0, 0.05) is 23.6 Å². The molecule has 1 N–H and O–H groups in total. The number of ether oxygens (including phenoxy) is 1. The minimum absolute atomic E-state index is 0.0221. The maximum Gasteiger partial charge on any atom is 0.226 e. The molecular weight excluding hydrogens is 312 g/mol. The predicted octanol–water partition coefficient (Wildman–Crippen LogP) is 3.41. The Morgan fingerprint density at radius 2 is 2.48 bits per heavy atom. The number of aromatic nitrogens is 1. The minimum Gasteiger partial charge on any atom is -0.472 e. The third-order valence-electron chi connectivity index (χ3n) is 4.01. The molecule has 6 heteroatoms. The van der Waals surface area contributed by atoms with Crippen molar-refractivity contribution in [3.63, 3.8) is 0 Å². The number of hydrogen-bond donors (Lipinski definition) is 1. The van der Waals surface area contributed by atoms with E-state index < -0.39 is 0 Å². The van der Waals surface area contributed by atoms with E-state index in [2.05, 4.69) is 10.3 Å². The summed E-state index contributed by atoms with van der Waals surface area (Å²) in [5.41, 5.74) is 1.75. The number of amides is 1. The number of nitrogens with one attached hydrogen (secondary N) is 1. The molecule has 0 radical (unpaired) electrons. The van der Waals surface area contributed by atoms with Gasteiger partial charge in [-0.25, -0.2) is 4.98 Å². The number of thiazole rings is 1. The van der Waals surface area contributed by atoms with Crippen molar-refractivity contribution in [2.45, 2.75) is 51.2 Å². The molecule has 0 bridgehead atoms. The quantitative estimate of drug-likeness (QED) is 0.843. The molecule has 1 amide bonds. The first-order valence-electron chi connectivity index (χ1n) is 8.08. The Hall–Kier alpha value is -1.66. The van der Waals surface area contributed by atoms with Gasteiger partial charge in [0.25, 0.3) is 0 Å². The van der Waals surface area contributed by atoms with Crippen LogP contribution in [0.25, 0.3) is 10.6 Å². The average Bonchev–Trinajstić information content (AvgIpc) is 3.26. The SMILES string of the molecule is C[C@@H](CC[C@@H]1CCCO1)NC(=O)Cc1csc(-c2ccoc2)n1. The lowest BCUT2D eigenvalue weighted by molar-refractivity contribution is -0.121. The highest BCUT2D eigenvalue weighted by atomic mass is 32.1. The predicted molar refractivity (Wildman–Crippen MR) is 89.3 cm³/mol. The topological polar surface area (TPSA) is 64.4 Å². The van der Waals surface area contributed by atoms with Crippen LogP contribution in [0.3, 0.4) is 0 Å². The van der Waals surface area contributed by atoms with Crippen molar-refractivity contribution in [3.8, 4) is 10.6 Å². The van der Waals surface area contributed by atoms with Crippen LogP contribution >= 0.6 is 11.3 Å². The summed E-state index contributed by atoms with van der Waals surface area (Å²) in [7, 11) is 0. The van der Waals surface area contributed by atoms with Gasteiger partial charge < -0.3 is 14.5 Å². The Morgan fingerprint density at radius 1 is 1.57 bits per heavy atom. The van der Waals surface area contributed by atoms with E-state index in [1.54, 1.807) is 12.5 Å². The maximum absolute atomic E-state index is 12.1. The summed E-state index contributed by atoms with van der Waals surface area (Å²) in [5.74, 6) is 0.0221. The van der Waals surface area contributed by atoms with Gasteiger partial charge in [0.2, 0.25) is 5.91 Å². The third kappa shape index (κ3) is 4.65. The van der Waals surface area contributed by atoms with E-state index in [1.807, 2.05) is 18.4 Å². The molecule has 2 atom stereocenters. The van der Waals surface area contributed by atoms with Gasteiger partial charge in [0.05, 0.1) is 24.5 Å². The van der Waals surface area contributed by atoms with Gasteiger partial charge in [-0.15, -0.1) is 11.3 Å². The van der Waals surface area contributed by atoms with E-state index >= 15 is 0 Å². The molecule has 0 aliphatic carbocycles. The summed E-state index contributed by atoms with van der Waals surface area (Å²) in [6, 6.07) is 2.04. The van der Waals surface area contributed by atoms with Gasteiger partial charge in [0.15, 0.2) is 0 Å². The zero-order valence-electron chi connectivity index (χ0n) is 13.3. The molecule has 2 aromatic rings. The maximum atomic E-state index is 12.1. The Kier molecular flexibility index (Phi) is 5.46. The number of rotatable bonds is 7. The van der Waals surface area contributed by atoms with Crippen LogP contribution in [-0.4, -0.2) is 29.6 Å². The van der Waals surface area contributed by atoms with Crippen LogP contribution in [0.15, 0.2) is 28.4 Å². The molecule has 124 valence electrons. The molecule has 0 aromatic carbocycles. The summed E-state index contributed by atoms with van der Waals surface area (Å²) in [6.07, 6.45) is 8.26. The van der Waals surface area contributed by atoms with Crippen molar-refractivity contribution >= 4 is 17.2 Å². The Bertz CT molecular complexity index is 618. The van der Waals surface area contributed by atoms with Gasteiger partial charge >= 0.3 is 0 Å². The average molecular weight is 334 g/mol. The number of hydrogen-bond acceptors (Lipinski definition) is 5. The van der Waals surface area contributed by atoms with E-state index in [9.17, 15) is 4.79 Å². The molecule has 0 saturated carbocycles. The fourth-order valence-corrected chi connectivity index (χ4v) is 3.58. The molecule has 23 heavy (non-hydrogen) atoms. The first-order chi connectivity index (χ1) is 11.2. The van der Waals surface area contributed by atoms with E-state index in [0.717, 1.165) is 48.6 Å². The second-order valence-corrected chi connectivity index (χ2v) is 6.87. The van der Waals surface area contributed by atoms with Gasteiger partial charge in [-0.05, 0) is 38.7 Å². The van der Waals surface area contributed by atoms with Crippen LogP contribution in [0.4, 0.5) is 0 Å². The van der Waals surface area contributed by atoms with Crippen LogP contribution in [0.1, 0.15) is 38.3 Å². The summed E-state index contributed by atoms with van der Waals surface area (Å²) >= 11 is 1.53. The summed E-state index contributed by atoms with van der Waals surface area (Å²) in [4.78, 5) is 16.6. The van der Waals surface area contributed by atoms with E-state index in [0.29, 0.717) is 12.5 Å². The van der Waals surface area contributed by atoms with Crippen LogP contribution in [0, 0.1) is 0 Å².